The average Bonchev–Trinajstić information content (AvgIpc) is 3.05. The molecule has 2 heterocycles. The summed E-state index contributed by atoms with van der Waals surface area (Å²) in [5.74, 6) is -0.440. The average molecular weight is 291 g/mol. The molecule has 0 aliphatic carbocycles. The molecule has 0 aromatic carbocycles. The second kappa shape index (κ2) is 5.92. The largest absolute Gasteiger partial charge is 0.358 e. The molecule has 2 aromatic rings. The van der Waals surface area contributed by atoms with Gasteiger partial charge < -0.3 is 15.2 Å². The standard InChI is InChI=1S/C14H17N3O2S/c1-9-10(2)20-14(17-6-4-5-7-17)12(9)13(19)16-8-11(18)15-3/h4-7H,8H2,1-3H3,(H,15,18)(H,16,19). The maximum absolute atomic E-state index is 12.3. The highest BCUT2D eigenvalue weighted by Gasteiger charge is 2.20. The van der Waals surface area contributed by atoms with E-state index >= 15 is 0 Å². The van der Waals surface area contributed by atoms with Crippen LogP contribution in [0, 0.1) is 13.8 Å². The van der Waals surface area contributed by atoms with Gasteiger partial charge in [-0.1, -0.05) is 0 Å². The van der Waals surface area contributed by atoms with E-state index in [-0.39, 0.29) is 18.4 Å². The maximum atomic E-state index is 12.3. The first-order chi connectivity index (χ1) is 9.54. The fourth-order valence-electron chi connectivity index (χ4n) is 1.87. The maximum Gasteiger partial charge on any atom is 0.255 e. The van der Waals surface area contributed by atoms with Crippen LogP contribution in [0.25, 0.3) is 5.00 Å². The Morgan fingerprint density at radius 2 is 1.90 bits per heavy atom. The van der Waals surface area contributed by atoms with Crippen LogP contribution >= 0.6 is 11.3 Å². The number of thiophene rings is 1. The van der Waals surface area contributed by atoms with Gasteiger partial charge in [0.2, 0.25) is 5.91 Å². The Morgan fingerprint density at radius 3 is 2.50 bits per heavy atom. The highest BCUT2D eigenvalue weighted by molar-refractivity contribution is 7.15. The van der Waals surface area contributed by atoms with Crippen molar-refractivity contribution in [1.82, 2.24) is 15.2 Å². The quantitative estimate of drug-likeness (QED) is 0.899. The van der Waals surface area contributed by atoms with Crippen LogP contribution in [0.2, 0.25) is 0 Å². The molecule has 20 heavy (non-hydrogen) atoms. The van der Waals surface area contributed by atoms with Crippen LogP contribution in [0.1, 0.15) is 20.8 Å². The molecule has 5 nitrogen and oxygen atoms in total. The lowest BCUT2D eigenvalue weighted by molar-refractivity contribution is -0.119. The molecule has 0 unspecified atom stereocenters. The van der Waals surface area contributed by atoms with Crippen molar-refractivity contribution in [2.24, 2.45) is 0 Å². The lowest BCUT2D eigenvalue weighted by Crippen LogP contribution is -2.35. The van der Waals surface area contributed by atoms with E-state index in [9.17, 15) is 9.59 Å². The SMILES string of the molecule is CNC(=O)CNC(=O)c1c(-n2cccc2)sc(C)c1C. The van der Waals surface area contributed by atoms with Gasteiger partial charge in [0.25, 0.3) is 5.91 Å². The third-order valence-corrected chi connectivity index (χ3v) is 4.34. The van der Waals surface area contributed by atoms with E-state index in [1.54, 1.807) is 18.4 Å². The van der Waals surface area contributed by atoms with E-state index in [2.05, 4.69) is 10.6 Å². The molecular weight excluding hydrogens is 274 g/mol. The Kier molecular flexibility index (Phi) is 4.24. The minimum absolute atomic E-state index is 0.0191. The Balaban J connectivity index is 2.31. The fraction of sp³-hybridized carbons (Fsp3) is 0.286. The van der Waals surface area contributed by atoms with Crippen LogP contribution in [0.15, 0.2) is 24.5 Å². The number of likely N-dealkylation sites (N-methyl/N-ethyl adjacent to an activating group) is 1. The molecule has 0 aliphatic heterocycles. The van der Waals surface area contributed by atoms with Gasteiger partial charge in [0.05, 0.1) is 12.1 Å². The molecule has 0 saturated carbocycles. The summed E-state index contributed by atoms with van der Waals surface area (Å²) in [5, 5.41) is 6.00. The summed E-state index contributed by atoms with van der Waals surface area (Å²) in [6, 6.07) is 3.83. The van der Waals surface area contributed by atoms with Crippen LogP contribution < -0.4 is 10.6 Å². The van der Waals surface area contributed by atoms with Crippen LogP contribution in [-0.4, -0.2) is 30.0 Å². The fourth-order valence-corrected chi connectivity index (χ4v) is 2.99. The van der Waals surface area contributed by atoms with E-state index < -0.39 is 0 Å². The van der Waals surface area contributed by atoms with Crippen LogP contribution in [0.4, 0.5) is 0 Å². The normalized spacial score (nSPS) is 10.3. The van der Waals surface area contributed by atoms with Crippen molar-refractivity contribution in [2.45, 2.75) is 13.8 Å². The van der Waals surface area contributed by atoms with Gasteiger partial charge in [-0.25, -0.2) is 0 Å². The topological polar surface area (TPSA) is 63.1 Å². The van der Waals surface area contributed by atoms with Gasteiger partial charge in [0.1, 0.15) is 5.00 Å². The first-order valence-electron chi connectivity index (χ1n) is 6.26. The first-order valence-corrected chi connectivity index (χ1v) is 7.08. The van der Waals surface area contributed by atoms with Crippen molar-refractivity contribution in [3.8, 4) is 5.00 Å². The number of carbonyl (C=O) groups excluding carboxylic acids is 2. The number of nitrogens with one attached hydrogen (secondary N) is 2. The summed E-state index contributed by atoms with van der Waals surface area (Å²) in [5.41, 5.74) is 1.58. The zero-order valence-electron chi connectivity index (χ0n) is 11.7. The number of amides is 2. The molecule has 106 valence electrons. The van der Waals surface area contributed by atoms with Crippen molar-refractivity contribution in [1.29, 1.82) is 0 Å². The summed E-state index contributed by atoms with van der Waals surface area (Å²) in [6.45, 7) is 3.89. The third-order valence-electron chi connectivity index (χ3n) is 3.12. The summed E-state index contributed by atoms with van der Waals surface area (Å²) < 4.78 is 1.92. The van der Waals surface area contributed by atoms with Crippen LogP contribution in [0.5, 0.6) is 0 Å². The van der Waals surface area contributed by atoms with Gasteiger partial charge in [-0.05, 0) is 31.5 Å². The highest BCUT2D eigenvalue weighted by atomic mass is 32.1. The number of aryl methyl sites for hydroxylation is 1. The third kappa shape index (κ3) is 2.75. The number of nitrogens with zero attached hydrogens (tertiary/aromatic N) is 1. The molecule has 2 aromatic heterocycles. The van der Waals surface area contributed by atoms with Crippen molar-refractivity contribution in [3.05, 3.63) is 40.5 Å². The second-order valence-electron chi connectivity index (χ2n) is 4.41. The smallest absolute Gasteiger partial charge is 0.255 e. The van der Waals surface area contributed by atoms with E-state index in [1.165, 1.54) is 0 Å². The summed E-state index contributed by atoms with van der Waals surface area (Å²) >= 11 is 1.57. The molecule has 6 heteroatoms. The molecule has 2 amide bonds. The minimum Gasteiger partial charge on any atom is -0.358 e. The minimum atomic E-state index is -0.223. The summed E-state index contributed by atoms with van der Waals surface area (Å²) in [7, 11) is 1.54. The highest BCUT2D eigenvalue weighted by Crippen LogP contribution is 2.30. The van der Waals surface area contributed by atoms with E-state index in [1.807, 2.05) is 42.9 Å². The molecule has 2 N–H and O–H groups in total. The van der Waals surface area contributed by atoms with Gasteiger partial charge in [0, 0.05) is 24.3 Å². The lowest BCUT2D eigenvalue weighted by atomic mass is 10.1. The second-order valence-corrected chi connectivity index (χ2v) is 5.61. The molecule has 0 bridgehead atoms. The van der Waals surface area contributed by atoms with E-state index in [0.717, 1.165) is 15.4 Å². The molecule has 0 fully saturated rings. The van der Waals surface area contributed by atoms with Gasteiger partial charge in [-0.3, -0.25) is 9.59 Å². The monoisotopic (exact) mass is 291 g/mol. The van der Waals surface area contributed by atoms with Gasteiger partial charge in [-0.2, -0.15) is 0 Å². The Labute approximate surface area is 121 Å². The van der Waals surface area contributed by atoms with Gasteiger partial charge in [-0.15, -0.1) is 11.3 Å². The molecule has 0 spiro atoms. The molecule has 0 aliphatic rings. The number of hydrogen-bond donors (Lipinski definition) is 2. The number of aromatic nitrogens is 1. The van der Waals surface area contributed by atoms with Crippen molar-refractivity contribution >= 4 is 23.2 Å². The lowest BCUT2D eigenvalue weighted by Gasteiger charge is -2.07. The van der Waals surface area contributed by atoms with Crippen molar-refractivity contribution < 1.29 is 9.59 Å². The van der Waals surface area contributed by atoms with Crippen molar-refractivity contribution in [3.63, 3.8) is 0 Å². The van der Waals surface area contributed by atoms with Crippen LogP contribution in [-0.2, 0) is 4.79 Å². The summed E-state index contributed by atoms with van der Waals surface area (Å²) in [4.78, 5) is 24.6. The van der Waals surface area contributed by atoms with Crippen molar-refractivity contribution in [2.75, 3.05) is 13.6 Å². The Hall–Kier alpha value is -2.08. The van der Waals surface area contributed by atoms with Crippen LogP contribution in [0.3, 0.4) is 0 Å². The number of carbonyl (C=O) groups is 2. The Morgan fingerprint density at radius 1 is 1.25 bits per heavy atom. The number of hydrogen-bond acceptors (Lipinski definition) is 3. The van der Waals surface area contributed by atoms with Gasteiger partial charge >= 0.3 is 0 Å². The predicted molar refractivity (Wildman–Crippen MR) is 79.5 cm³/mol. The zero-order valence-corrected chi connectivity index (χ0v) is 12.5. The summed E-state index contributed by atoms with van der Waals surface area (Å²) in [6.07, 6.45) is 3.81. The molecule has 0 atom stereocenters. The van der Waals surface area contributed by atoms with Gasteiger partial charge in [0.15, 0.2) is 0 Å². The first kappa shape index (κ1) is 14.3. The number of rotatable bonds is 4. The Bertz CT molecular complexity index is 629. The zero-order chi connectivity index (χ0) is 14.7. The van der Waals surface area contributed by atoms with E-state index in [4.69, 9.17) is 0 Å². The molecule has 2 rings (SSSR count). The molecule has 0 saturated heterocycles. The van der Waals surface area contributed by atoms with E-state index in [0.29, 0.717) is 5.56 Å². The predicted octanol–water partition coefficient (Wildman–Crippen LogP) is 1.63. The molecule has 0 radical (unpaired) electrons. The molecular formula is C14H17N3O2S.